The molecule has 2 saturated heterocycles. The van der Waals surface area contributed by atoms with E-state index in [1.54, 1.807) is 12.1 Å². The molecule has 0 aromatic heterocycles. The molecular formula is C15H18ClN3O2. The van der Waals surface area contributed by atoms with E-state index in [0.717, 1.165) is 39.1 Å². The average molecular weight is 308 g/mol. The summed E-state index contributed by atoms with van der Waals surface area (Å²) in [4.78, 5) is 2.45. The molecule has 2 fully saturated rings. The van der Waals surface area contributed by atoms with Gasteiger partial charge in [-0.2, -0.15) is 5.26 Å². The lowest BCUT2D eigenvalue weighted by Crippen LogP contribution is -2.52. The van der Waals surface area contributed by atoms with Crippen LogP contribution in [0.5, 0.6) is 5.75 Å². The molecule has 0 amide bonds. The second-order valence-electron chi connectivity index (χ2n) is 5.53. The Morgan fingerprint density at radius 1 is 1.33 bits per heavy atom. The van der Waals surface area contributed by atoms with Crippen LogP contribution in [0.4, 0.5) is 5.69 Å². The predicted molar refractivity (Wildman–Crippen MR) is 80.4 cm³/mol. The Morgan fingerprint density at radius 3 is 2.62 bits per heavy atom. The molecule has 21 heavy (non-hydrogen) atoms. The molecule has 5 nitrogen and oxygen atoms in total. The Morgan fingerprint density at radius 2 is 2.05 bits per heavy atom. The van der Waals surface area contributed by atoms with Gasteiger partial charge in [0.1, 0.15) is 16.9 Å². The highest BCUT2D eigenvalue weighted by Gasteiger charge is 2.30. The molecule has 0 aliphatic carbocycles. The molecule has 2 heterocycles. The highest BCUT2D eigenvalue weighted by atomic mass is 35.5. The van der Waals surface area contributed by atoms with Gasteiger partial charge in [0, 0.05) is 13.1 Å². The minimum absolute atomic E-state index is 0.119. The summed E-state index contributed by atoms with van der Waals surface area (Å²) >= 11 is 6.17. The maximum Gasteiger partial charge on any atom is 0.141 e. The van der Waals surface area contributed by atoms with E-state index in [-0.39, 0.29) is 6.10 Å². The van der Waals surface area contributed by atoms with Gasteiger partial charge in [-0.3, -0.25) is 4.90 Å². The van der Waals surface area contributed by atoms with Gasteiger partial charge in [0.25, 0.3) is 0 Å². The number of hydrogen-bond acceptors (Lipinski definition) is 5. The molecule has 0 unspecified atom stereocenters. The minimum atomic E-state index is 0.119. The quantitative estimate of drug-likeness (QED) is 0.865. The van der Waals surface area contributed by atoms with Gasteiger partial charge in [0.15, 0.2) is 0 Å². The van der Waals surface area contributed by atoms with Crippen molar-refractivity contribution in [3.8, 4) is 11.8 Å². The number of benzene rings is 1. The molecule has 2 N–H and O–H groups in total. The first-order valence-electron chi connectivity index (χ1n) is 7.15. The van der Waals surface area contributed by atoms with E-state index in [9.17, 15) is 0 Å². The minimum Gasteiger partial charge on any atom is -0.489 e. The first-order valence-corrected chi connectivity index (χ1v) is 7.52. The van der Waals surface area contributed by atoms with E-state index < -0.39 is 0 Å². The van der Waals surface area contributed by atoms with E-state index in [1.807, 2.05) is 0 Å². The Balaban J connectivity index is 1.62. The van der Waals surface area contributed by atoms with Crippen LogP contribution in [0, 0.1) is 11.3 Å². The summed E-state index contributed by atoms with van der Waals surface area (Å²) in [7, 11) is 0. The maximum atomic E-state index is 8.99. The normalized spacial score (nSPS) is 20.8. The van der Waals surface area contributed by atoms with Crippen molar-refractivity contribution in [2.45, 2.75) is 25.0 Å². The summed E-state index contributed by atoms with van der Waals surface area (Å²) in [5, 5.41) is 9.38. The van der Waals surface area contributed by atoms with Crippen LogP contribution in [0.2, 0.25) is 5.02 Å². The van der Waals surface area contributed by atoms with Gasteiger partial charge in [-0.05, 0) is 25.0 Å². The third kappa shape index (κ3) is 3.08. The number of ether oxygens (including phenoxy) is 2. The highest BCUT2D eigenvalue weighted by Crippen LogP contribution is 2.33. The number of hydrogen-bond donors (Lipinski definition) is 1. The maximum absolute atomic E-state index is 8.99. The molecule has 1 aromatic carbocycles. The third-order valence-electron chi connectivity index (χ3n) is 4.10. The molecule has 3 rings (SSSR count). The average Bonchev–Trinajstić information content (AvgIpc) is 2.43. The fraction of sp³-hybridized carbons (Fsp3) is 0.533. The number of nitrogens with zero attached hydrogens (tertiary/aromatic N) is 2. The van der Waals surface area contributed by atoms with Crippen LogP contribution in [0.3, 0.4) is 0 Å². The Labute approximate surface area is 129 Å². The van der Waals surface area contributed by atoms with Crippen LogP contribution < -0.4 is 10.5 Å². The number of nitrogen functional groups attached to an aromatic ring is 1. The van der Waals surface area contributed by atoms with Crippen molar-refractivity contribution in [2.24, 2.45) is 0 Å². The zero-order chi connectivity index (χ0) is 14.8. The van der Waals surface area contributed by atoms with Gasteiger partial charge in [0.2, 0.25) is 0 Å². The van der Waals surface area contributed by atoms with Crippen LogP contribution in [-0.2, 0) is 4.74 Å². The van der Waals surface area contributed by atoms with Crippen LogP contribution in [-0.4, -0.2) is 43.3 Å². The lowest BCUT2D eigenvalue weighted by Gasteiger charge is -2.41. The fourth-order valence-corrected chi connectivity index (χ4v) is 2.90. The van der Waals surface area contributed by atoms with Crippen molar-refractivity contribution in [1.82, 2.24) is 4.90 Å². The van der Waals surface area contributed by atoms with Crippen molar-refractivity contribution in [3.63, 3.8) is 0 Å². The Bertz CT molecular complexity index is 561. The van der Waals surface area contributed by atoms with Crippen LogP contribution in [0.1, 0.15) is 18.4 Å². The molecule has 112 valence electrons. The predicted octanol–water partition coefficient (Wildman–Crippen LogP) is 2.04. The Kier molecular flexibility index (Phi) is 4.20. The largest absolute Gasteiger partial charge is 0.489 e. The molecule has 2 aliphatic heterocycles. The SMILES string of the molecule is N#Cc1cc(N)c(Cl)c(OC2CCN(C3COC3)CC2)c1. The number of likely N-dealkylation sites (tertiary alicyclic amines) is 1. The van der Waals surface area contributed by atoms with E-state index in [2.05, 4.69) is 11.0 Å². The lowest BCUT2D eigenvalue weighted by molar-refractivity contribution is -0.0777. The van der Waals surface area contributed by atoms with Gasteiger partial charge < -0.3 is 15.2 Å². The zero-order valence-corrected chi connectivity index (χ0v) is 12.5. The van der Waals surface area contributed by atoms with Crippen molar-refractivity contribution in [3.05, 3.63) is 22.7 Å². The molecule has 2 aliphatic rings. The second-order valence-corrected chi connectivity index (χ2v) is 5.91. The number of nitriles is 1. The van der Waals surface area contributed by atoms with Gasteiger partial charge in [-0.15, -0.1) is 0 Å². The van der Waals surface area contributed by atoms with E-state index in [1.165, 1.54) is 0 Å². The number of piperidine rings is 1. The van der Waals surface area contributed by atoms with Crippen LogP contribution in [0.25, 0.3) is 0 Å². The first kappa shape index (κ1) is 14.5. The molecule has 0 atom stereocenters. The van der Waals surface area contributed by atoms with E-state index in [4.69, 9.17) is 32.1 Å². The smallest absolute Gasteiger partial charge is 0.141 e. The molecule has 0 radical (unpaired) electrons. The summed E-state index contributed by atoms with van der Waals surface area (Å²) in [6.07, 6.45) is 2.01. The van der Waals surface area contributed by atoms with Gasteiger partial charge in [-0.1, -0.05) is 11.6 Å². The van der Waals surface area contributed by atoms with E-state index >= 15 is 0 Å². The molecule has 1 aromatic rings. The first-order chi connectivity index (χ1) is 10.2. The summed E-state index contributed by atoms with van der Waals surface area (Å²) < 4.78 is 11.2. The topological polar surface area (TPSA) is 71.5 Å². The zero-order valence-electron chi connectivity index (χ0n) is 11.7. The van der Waals surface area contributed by atoms with Crippen molar-refractivity contribution >= 4 is 17.3 Å². The van der Waals surface area contributed by atoms with Crippen LogP contribution in [0.15, 0.2) is 12.1 Å². The van der Waals surface area contributed by atoms with Gasteiger partial charge in [0.05, 0.1) is 36.6 Å². The van der Waals surface area contributed by atoms with Crippen LogP contribution >= 0.6 is 11.6 Å². The monoisotopic (exact) mass is 307 g/mol. The summed E-state index contributed by atoms with van der Waals surface area (Å²) in [6, 6.07) is 5.87. The van der Waals surface area contributed by atoms with Crippen molar-refractivity contribution in [2.75, 3.05) is 32.0 Å². The number of rotatable bonds is 3. The number of nitrogens with two attached hydrogens (primary N) is 1. The van der Waals surface area contributed by atoms with Gasteiger partial charge >= 0.3 is 0 Å². The molecule has 0 saturated carbocycles. The second kappa shape index (κ2) is 6.10. The highest BCUT2D eigenvalue weighted by molar-refractivity contribution is 6.34. The summed E-state index contributed by atoms with van der Waals surface area (Å²) in [5.74, 6) is 0.513. The standard InChI is InChI=1S/C15H18ClN3O2/c16-15-13(18)5-10(7-17)6-14(15)21-12-1-3-19(4-2-12)11-8-20-9-11/h5-6,11-12H,1-4,8-9,18H2. The van der Waals surface area contributed by atoms with Crippen molar-refractivity contribution in [1.29, 1.82) is 5.26 Å². The molecule has 0 bridgehead atoms. The summed E-state index contributed by atoms with van der Waals surface area (Å²) in [5.41, 5.74) is 6.66. The molecule has 6 heteroatoms. The number of anilines is 1. The third-order valence-corrected chi connectivity index (χ3v) is 4.51. The summed E-state index contributed by atoms with van der Waals surface area (Å²) in [6.45, 7) is 3.70. The lowest BCUT2D eigenvalue weighted by atomic mass is 10.0. The number of halogens is 1. The van der Waals surface area contributed by atoms with Crippen molar-refractivity contribution < 1.29 is 9.47 Å². The fourth-order valence-electron chi connectivity index (χ4n) is 2.74. The Hall–Kier alpha value is -1.48. The van der Waals surface area contributed by atoms with E-state index in [0.29, 0.717) is 28.1 Å². The molecule has 0 spiro atoms. The van der Waals surface area contributed by atoms with Gasteiger partial charge in [-0.25, -0.2) is 0 Å². The molecular weight excluding hydrogens is 290 g/mol.